The second-order valence-corrected chi connectivity index (χ2v) is 4.75. The van der Waals surface area contributed by atoms with Crippen LogP contribution in [0.4, 0.5) is 5.69 Å². The van der Waals surface area contributed by atoms with Gasteiger partial charge in [0, 0.05) is 25.4 Å². The molecule has 0 saturated carbocycles. The molecular weight excluding hydrogens is 240 g/mol. The highest BCUT2D eigenvalue weighted by atomic mass is 16.2. The summed E-state index contributed by atoms with van der Waals surface area (Å²) in [5.41, 5.74) is 7.29. The highest BCUT2D eigenvalue weighted by molar-refractivity contribution is 5.92. The number of aryl methyl sites for hydroxylation is 1. The summed E-state index contributed by atoms with van der Waals surface area (Å²) < 4.78 is 2.00. The molecule has 0 atom stereocenters. The summed E-state index contributed by atoms with van der Waals surface area (Å²) in [6, 6.07) is 6.10. The second kappa shape index (κ2) is 4.51. The van der Waals surface area contributed by atoms with Crippen molar-refractivity contribution in [3.8, 4) is 5.69 Å². The fraction of sp³-hybridized carbons (Fsp3) is 0.286. The number of nitrogens with zero attached hydrogens (tertiary/aromatic N) is 3. The van der Waals surface area contributed by atoms with E-state index in [2.05, 4.69) is 16.5 Å². The van der Waals surface area contributed by atoms with Gasteiger partial charge in [0.25, 0.3) is 0 Å². The van der Waals surface area contributed by atoms with E-state index in [9.17, 15) is 4.79 Å². The Balaban J connectivity index is 2.02. The molecule has 3 rings (SSSR count). The molecule has 1 aliphatic heterocycles. The van der Waals surface area contributed by atoms with E-state index in [0.29, 0.717) is 0 Å². The average Bonchev–Trinajstić information content (AvgIpc) is 2.84. The van der Waals surface area contributed by atoms with E-state index >= 15 is 0 Å². The van der Waals surface area contributed by atoms with Crippen LogP contribution < -0.4 is 10.4 Å². The molecule has 19 heavy (non-hydrogen) atoms. The minimum atomic E-state index is 0.00664. The molecule has 1 aromatic carbocycles. The number of hydrazine groups is 1. The van der Waals surface area contributed by atoms with Crippen molar-refractivity contribution in [2.75, 3.05) is 11.6 Å². The van der Waals surface area contributed by atoms with Crippen LogP contribution in [0.2, 0.25) is 0 Å². The van der Waals surface area contributed by atoms with Crippen LogP contribution in [-0.2, 0) is 11.2 Å². The van der Waals surface area contributed by atoms with E-state index in [4.69, 9.17) is 0 Å². The molecule has 0 bridgehead atoms. The number of hydrogen-bond donors (Lipinski definition) is 1. The number of imidazole rings is 1. The molecule has 2 aromatic rings. The van der Waals surface area contributed by atoms with Crippen LogP contribution >= 0.6 is 0 Å². The van der Waals surface area contributed by atoms with Crippen LogP contribution in [0.3, 0.4) is 0 Å². The number of nitrogens with one attached hydrogen (secondary N) is 1. The van der Waals surface area contributed by atoms with Crippen molar-refractivity contribution < 1.29 is 4.79 Å². The SMILES string of the molecule is CC(=O)N1NCCc2cc(-n3cnc(C)c3)ccc21. The Morgan fingerprint density at radius 1 is 1.42 bits per heavy atom. The van der Waals surface area contributed by atoms with E-state index in [0.717, 1.165) is 30.0 Å². The quantitative estimate of drug-likeness (QED) is 0.843. The van der Waals surface area contributed by atoms with Gasteiger partial charge in [-0.1, -0.05) is 0 Å². The standard InChI is InChI=1S/C14H16N4O/c1-10-8-17(9-15-10)13-3-4-14-12(7-13)5-6-16-18(14)11(2)19/h3-4,7-9,16H,5-6H2,1-2H3. The number of carbonyl (C=O) groups is 1. The number of anilines is 1. The normalized spacial score (nSPS) is 14.3. The molecule has 1 aliphatic rings. The van der Waals surface area contributed by atoms with Gasteiger partial charge in [0.05, 0.1) is 17.7 Å². The molecule has 0 aliphatic carbocycles. The first-order valence-electron chi connectivity index (χ1n) is 6.33. The molecule has 5 heteroatoms. The van der Waals surface area contributed by atoms with Crippen LogP contribution in [-0.4, -0.2) is 22.0 Å². The van der Waals surface area contributed by atoms with Crippen LogP contribution in [0.1, 0.15) is 18.2 Å². The predicted molar refractivity (Wildman–Crippen MR) is 73.2 cm³/mol. The molecule has 1 aromatic heterocycles. The number of aromatic nitrogens is 2. The van der Waals surface area contributed by atoms with E-state index in [1.165, 1.54) is 5.56 Å². The Morgan fingerprint density at radius 2 is 2.26 bits per heavy atom. The van der Waals surface area contributed by atoms with Gasteiger partial charge in [0.2, 0.25) is 5.91 Å². The largest absolute Gasteiger partial charge is 0.306 e. The first-order chi connectivity index (χ1) is 9.15. The second-order valence-electron chi connectivity index (χ2n) is 4.75. The van der Waals surface area contributed by atoms with Crippen LogP contribution in [0.15, 0.2) is 30.7 Å². The Morgan fingerprint density at radius 3 is 2.95 bits per heavy atom. The van der Waals surface area contributed by atoms with Gasteiger partial charge in [-0.15, -0.1) is 0 Å². The van der Waals surface area contributed by atoms with Gasteiger partial charge >= 0.3 is 0 Å². The first kappa shape index (κ1) is 11.9. The minimum absolute atomic E-state index is 0.00664. The van der Waals surface area contributed by atoms with Gasteiger partial charge in [-0.05, 0) is 37.1 Å². The molecule has 1 N–H and O–H groups in total. The third kappa shape index (κ3) is 2.13. The van der Waals surface area contributed by atoms with Crippen LogP contribution in [0.25, 0.3) is 5.69 Å². The van der Waals surface area contributed by atoms with Gasteiger partial charge in [-0.25, -0.2) is 15.4 Å². The fourth-order valence-electron chi connectivity index (χ4n) is 2.38. The zero-order chi connectivity index (χ0) is 13.4. The Kier molecular flexibility index (Phi) is 2.83. The molecule has 0 fully saturated rings. The number of rotatable bonds is 1. The zero-order valence-electron chi connectivity index (χ0n) is 11.1. The lowest BCUT2D eigenvalue weighted by atomic mass is 10.1. The highest BCUT2D eigenvalue weighted by Gasteiger charge is 2.19. The van der Waals surface area contributed by atoms with Gasteiger partial charge in [0.15, 0.2) is 0 Å². The van der Waals surface area contributed by atoms with Crippen molar-refractivity contribution in [1.82, 2.24) is 15.0 Å². The van der Waals surface area contributed by atoms with Crippen molar-refractivity contribution in [2.45, 2.75) is 20.3 Å². The maximum absolute atomic E-state index is 11.6. The van der Waals surface area contributed by atoms with Gasteiger partial charge in [0.1, 0.15) is 0 Å². The van der Waals surface area contributed by atoms with Crippen LogP contribution in [0.5, 0.6) is 0 Å². The third-order valence-electron chi connectivity index (χ3n) is 3.29. The number of hydrogen-bond acceptors (Lipinski definition) is 3. The number of benzene rings is 1. The topological polar surface area (TPSA) is 50.2 Å². The molecular formula is C14H16N4O. The monoisotopic (exact) mass is 256 g/mol. The molecule has 2 heterocycles. The van der Waals surface area contributed by atoms with Crippen molar-refractivity contribution in [3.05, 3.63) is 42.0 Å². The molecule has 98 valence electrons. The maximum atomic E-state index is 11.6. The molecule has 0 radical (unpaired) electrons. The summed E-state index contributed by atoms with van der Waals surface area (Å²) in [6.45, 7) is 4.31. The lowest BCUT2D eigenvalue weighted by molar-refractivity contribution is -0.117. The molecule has 0 spiro atoms. The number of fused-ring (bicyclic) bond motifs is 1. The Hall–Kier alpha value is -2.14. The Labute approximate surface area is 111 Å². The summed E-state index contributed by atoms with van der Waals surface area (Å²) in [5.74, 6) is 0.00664. The lowest BCUT2D eigenvalue weighted by Gasteiger charge is -2.29. The summed E-state index contributed by atoms with van der Waals surface area (Å²) in [7, 11) is 0. The lowest BCUT2D eigenvalue weighted by Crippen LogP contribution is -2.46. The third-order valence-corrected chi connectivity index (χ3v) is 3.29. The van der Waals surface area contributed by atoms with Crippen molar-refractivity contribution in [1.29, 1.82) is 0 Å². The van der Waals surface area contributed by atoms with E-state index in [1.807, 2.05) is 29.8 Å². The zero-order valence-corrected chi connectivity index (χ0v) is 11.1. The smallest absolute Gasteiger partial charge is 0.238 e. The summed E-state index contributed by atoms with van der Waals surface area (Å²) >= 11 is 0. The van der Waals surface area contributed by atoms with Crippen molar-refractivity contribution >= 4 is 11.6 Å². The summed E-state index contributed by atoms with van der Waals surface area (Å²) in [5, 5.41) is 1.61. The first-order valence-corrected chi connectivity index (χ1v) is 6.33. The molecule has 0 unspecified atom stereocenters. The maximum Gasteiger partial charge on any atom is 0.238 e. The van der Waals surface area contributed by atoms with Crippen molar-refractivity contribution in [3.63, 3.8) is 0 Å². The summed E-state index contributed by atoms with van der Waals surface area (Å²) in [4.78, 5) is 15.8. The average molecular weight is 256 g/mol. The van der Waals surface area contributed by atoms with Gasteiger partial charge in [-0.3, -0.25) is 4.79 Å². The fourth-order valence-corrected chi connectivity index (χ4v) is 2.38. The minimum Gasteiger partial charge on any atom is -0.306 e. The number of amides is 1. The van der Waals surface area contributed by atoms with Crippen molar-refractivity contribution in [2.24, 2.45) is 0 Å². The highest BCUT2D eigenvalue weighted by Crippen LogP contribution is 2.26. The van der Waals surface area contributed by atoms with E-state index in [1.54, 1.807) is 18.3 Å². The molecule has 0 saturated heterocycles. The number of carbonyl (C=O) groups excluding carboxylic acids is 1. The van der Waals surface area contributed by atoms with Crippen LogP contribution in [0, 0.1) is 6.92 Å². The molecule has 5 nitrogen and oxygen atoms in total. The molecule has 1 amide bonds. The van der Waals surface area contributed by atoms with E-state index < -0.39 is 0 Å². The van der Waals surface area contributed by atoms with Gasteiger partial charge in [-0.2, -0.15) is 0 Å². The van der Waals surface area contributed by atoms with Gasteiger partial charge < -0.3 is 4.57 Å². The Bertz CT molecular complexity index is 632. The predicted octanol–water partition coefficient (Wildman–Crippen LogP) is 1.59. The summed E-state index contributed by atoms with van der Waals surface area (Å²) in [6.07, 6.45) is 4.72. The van der Waals surface area contributed by atoms with E-state index in [-0.39, 0.29) is 5.91 Å².